The largest absolute Gasteiger partial charge is 0.493 e. The lowest BCUT2D eigenvalue weighted by molar-refractivity contribution is -0.125. The van der Waals surface area contributed by atoms with E-state index in [0.717, 1.165) is 0 Å². The minimum absolute atomic E-state index is 0.0399. The van der Waals surface area contributed by atoms with Crippen molar-refractivity contribution in [2.24, 2.45) is 5.14 Å². The predicted octanol–water partition coefficient (Wildman–Crippen LogP) is 0.900. The summed E-state index contributed by atoms with van der Waals surface area (Å²) in [5.74, 6) is 0.309. The van der Waals surface area contributed by atoms with E-state index in [-0.39, 0.29) is 16.8 Å². The van der Waals surface area contributed by atoms with Gasteiger partial charge in [-0.05, 0) is 32.0 Å². The van der Waals surface area contributed by atoms with Crippen LogP contribution < -0.4 is 20.5 Å². The number of methoxy groups -OCH3 is 1. The summed E-state index contributed by atoms with van der Waals surface area (Å²) in [6.45, 7) is 3.42. The summed E-state index contributed by atoms with van der Waals surface area (Å²) >= 11 is 0. The number of likely N-dealkylation sites (N-methyl/N-ethyl adjacent to an activating group) is 1. The van der Waals surface area contributed by atoms with Crippen LogP contribution in [0.15, 0.2) is 35.4 Å². The maximum absolute atomic E-state index is 12.2. The Hall–Kier alpha value is -2.72. The van der Waals surface area contributed by atoms with Gasteiger partial charge in [0.1, 0.15) is 5.69 Å². The van der Waals surface area contributed by atoms with Crippen molar-refractivity contribution < 1.29 is 17.9 Å². The number of nitrogens with two attached hydrogens (primary N) is 1. The van der Waals surface area contributed by atoms with Crippen LogP contribution in [0.25, 0.3) is 0 Å². The normalized spacial score (nSPS) is 11.7. The molecule has 0 radical (unpaired) electrons. The van der Waals surface area contributed by atoms with Crippen LogP contribution in [0, 0.1) is 0 Å². The number of hydrogen-bond donors (Lipinski definition) is 3. The second-order valence-electron chi connectivity index (χ2n) is 6.01. The molecular formula is C16H21N5O4S. The number of benzene rings is 1. The molecule has 0 aliphatic heterocycles. The highest BCUT2D eigenvalue weighted by Gasteiger charge is 2.34. The smallest absolute Gasteiger partial charge is 0.238 e. The molecule has 10 heteroatoms. The van der Waals surface area contributed by atoms with Gasteiger partial charge in [0.2, 0.25) is 21.9 Å². The van der Waals surface area contributed by atoms with Crippen molar-refractivity contribution >= 4 is 27.6 Å². The van der Waals surface area contributed by atoms with Gasteiger partial charge in [-0.15, -0.1) is 0 Å². The molecule has 0 fully saturated rings. The van der Waals surface area contributed by atoms with E-state index in [1.807, 2.05) is 0 Å². The number of anilines is 2. The van der Waals surface area contributed by atoms with E-state index in [0.29, 0.717) is 17.1 Å². The first kappa shape index (κ1) is 19.6. The van der Waals surface area contributed by atoms with Gasteiger partial charge in [0.05, 0.1) is 23.6 Å². The fourth-order valence-corrected chi connectivity index (χ4v) is 2.89. The number of carbonyl (C=O) groups excluding carboxylic acids is 1. The predicted molar refractivity (Wildman–Crippen MR) is 96.8 cm³/mol. The van der Waals surface area contributed by atoms with E-state index in [1.54, 1.807) is 26.0 Å². The molecule has 26 heavy (non-hydrogen) atoms. The van der Waals surface area contributed by atoms with Crippen LogP contribution in [-0.2, 0) is 20.2 Å². The van der Waals surface area contributed by atoms with Crippen LogP contribution in [-0.4, -0.2) is 38.5 Å². The molecule has 0 saturated heterocycles. The lowest BCUT2D eigenvalue weighted by Crippen LogP contribution is -2.39. The van der Waals surface area contributed by atoms with Crippen LogP contribution >= 0.6 is 0 Å². The second-order valence-corrected chi connectivity index (χ2v) is 7.57. The first-order valence-electron chi connectivity index (χ1n) is 7.63. The molecule has 1 amide bonds. The Kier molecular flexibility index (Phi) is 5.47. The Bertz CT molecular complexity index is 928. The average Bonchev–Trinajstić information content (AvgIpc) is 2.60. The van der Waals surface area contributed by atoms with Crippen LogP contribution in [0.1, 0.15) is 19.5 Å². The first-order chi connectivity index (χ1) is 12.1. The molecular weight excluding hydrogens is 358 g/mol. The molecule has 2 aromatic rings. The molecule has 1 heterocycles. The zero-order valence-electron chi connectivity index (χ0n) is 14.9. The van der Waals surface area contributed by atoms with Gasteiger partial charge >= 0.3 is 0 Å². The van der Waals surface area contributed by atoms with Crippen molar-refractivity contribution in [2.75, 3.05) is 19.5 Å². The van der Waals surface area contributed by atoms with Gasteiger partial charge in [-0.2, -0.15) is 0 Å². The van der Waals surface area contributed by atoms with E-state index < -0.39 is 15.4 Å². The molecule has 140 valence electrons. The third kappa shape index (κ3) is 4.09. The Labute approximate surface area is 152 Å². The molecule has 0 atom stereocenters. The molecule has 0 spiro atoms. The Morgan fingerprint density at radius 3 is 2.58 bits per heavy atom. The van der Waals surface area contributed by atoms with Gasteiger partial charge in [-0.25, -0.2) is 23.5 Å². The van der Waals surface area contributed by atoms with E-state index in [1.165, 1.54) is 32.5 Å². The quantitative estimate of drug-likeness (QED) is 0.678. The zero-order valence-corrected chi connectivity index (χ0v) is 15.7. The van der Waals surface area contributed by atoms with Gasteiger partial charge in [0, 0.05) is 12.7 Å². The summed E-state index contributed by atoms with van der Waals surface area (Å²) < 4.78 is 28.2. The Morgan fingerprint density at radius 1 is 1.31 bits per heavy atom. The molecule has 4 N–H and O–H groups in total. The number of carbonyl (C=O) groups is 1. The highest BCUT2D eigenvalue weighted by atomic mass is 32.2. The number of rotatable bonds is 6. The maximum Gasteiger partial charge on any atom is 0.238 e. The first-order valence-corrected chi connectivity index (χ1v) is 9.18. The third-order valence-corrected chi connectivity index (χ3v) is 4.69. The van der Waals surface area contributed by atoms with Crippen LogP contribution in [0.5, 0.6) is 5.75 Å². The van der Waals surface area contributed by atoms with Gasteiger partial charge in [-0.3, -0.25) is 4.79 Å². The third-order valence-electron chi connectivity index (χ3n) is 3.78. The number of primary sulfonamides is 1. The minimum Gasteiger partial charge on any atom is -0.493 e. The lowest BCUT2D eigenvalue weighted by Gasteiger charge is -2.24. The van der Waals surface area contributed by atoms with E-state index in [2.05, 4.69) is 20.6 Å². The summed E-state index contributed by atoms with van der Waals surface area (Å²) in [7, 11) is -0.828. The number of nitrogens with one attached hydrogen (secondary N) is 2. The van der Waals surface area contributed by atoms with Gasteiger partial charge < -0.3 is 15.4 Å². The van der Waals surface area contributed by atoms with Crippen molar-refractivity contribution in [3.63, 3.8) is 0 Å². The zero-order chi connectivity index (χ0) is 19.5. The van der Waals surface area contributed by atoms with Crippen molar-refractivity contribution in [3.8, 4) is 5.75 Å². The minimum atomic E-state index is -3.83. The van der Waals surface area contributed by atoms with E-state index >= 15 is 0 Å². The number of nitrogens with zero attached hydrogens (tertiary/aromatic N) is 2. The highest BCUT2D eigenvalue weighted by Crippen LogP contribution is 2.31. The summed E-state index contributed by atoms with van der Waals surface area (Å²) in [5.41, 5.74) is -0.146. The molecule has 0 unspecified atom stereocenters. The second kappa shape index (κ2) is 7.26. The fraction of sp³-hybridized carbons (Fsp3) is 0.312. The molecule has 0 bridgehead atoms. The molecule has 1 aromatic carbocycles. The number of sulfonamides is 1. The van der Waals surface area contributed by atoms with Gasteiger partial charge in [0.25, 0.3) is 0 Å². The Morgan fingerprint density at radius 2 is 2.00 bits per heavy atom. The van der Waals surface area contributed by atoms with Crippen molar-refractivity contribution in [2.45, 2.75) is 24.2 Å². The number of aromatic nitrogens is 2. The number of ether oxygens (including phenoxy) is 1. The molecule has 2 rings (SSSR count). The van der Waals surface area contributed by atoms with Crippen molar-refractivity contribution in [3.05, 3.63) is 36.2 Å². The fourth-order valence-electron chi connectivity index (χ4n) is 2.33. The number of amides is 1. The standard InChI is InChI=1S/C16H21N5O4S/c1-16(2,14(22)18-3)13-12(25-4)9-19-15(21-13)20-10-6-5-7-11(8-10)26(17,23)24/h5-9H,1-4H3,(H,18,22)(H2,17,23,24)(H,19,20,21). The summed E-state index contributed by atoms with van der Waals surface area (Å²) in [5, 5.41) is 10.6. The van der Waals surface area contributed by atoms with Crippen molar-refractivity contribution in [1.82, 2.24) is 15.3 Å². The molecule has 1 aromatic heterocycles. The summed E-state index contributed by atoms with van der Waals surface area (Å²) in [6.07, 6.45) is 1.44. The molecule has 0 saturated carbocycles. The molecule has 0 aliphatic rings. The summed E-state index contributed by atoms with van der Waals surface area (Å²) in [4.78, 5) is 20.7. The SMILES string of the molecule is CNC(=O)C(C)(C)c1nc(Nc2cccc(S(N)(=O)=O)c2)ncc1OC. The maximum atomic E-state index is 12.2. The monoisotopic (exact) mass is 379 g/mol. The van der Waals surface area contributed by atoms with Gasteiger partial charge in [0.15, 0.2) is 5.75 Å². The van der Waals surface area contributed by atoms with Gasteiger partial charge in [-0.1, -0.05) is 6.07 Å². The van der Waals surface area contributed by atoms with Crippen molar-refractivity contribution in [1.29, 1.82) is 0 Å². The highest BCUT2D eigenvalue weighted by molar-refractivity contribution is 7.89. The summed E-state index contributed by atoms with van der Waals surface area (Å²) in [6, 6.07) is 5.94. The van der Waals surface area contributed by atoms with E-state index in [4.69, 9.17) is 9.88 Å². The molecule has 0 aliphatic carbocycles. The lowest BCUT2D eigenvalue weighted by atomic mass is 9.87. The van der Waals surface area contributed by atoms with E-state index in [9.17, 15) is 13.2 Å². The average molecular weight is 379 g/mol. The number of hydrogen-bond acceptors (Lipinski definition) is 7. The van der Waals surface area contributed by atoms with Crippen LogP contribution in [0.4, 0.5) is 11.6 Å². The van der Waals surface area contributed by atoms with Crippen LogP contribution in [0.3, 0.4) is 0 Å². The molecule has 9 nitrogen and oxygen atoms in total. The Balaban J connectivity index is 2.44. The topological polar surface area (TPSA) is 136 Å². The van der Waals surface area contributed by atoms with Crippen LogP contribution in [0.2, 0.25) is 0 Å².